The molecule has 0 fully saturated rings. The number of thiazole rings is 2. The molecule has 1 N–H and O–H groups in total. The van der Waals surface area contributed by atoms with E-state index >= 15 is 0 Å². The highest BCUT2D eigenvalue weighted by atomic mass is 32.1. The van der Waals surface area contributed by atoms with Gasteiger partial charge < -0.3 is 5.32 Å². The summed E-state index contributed by atoms with van der Waals surface area (Å²) in [5.41, 5.74) is 0. The molecule has 0 bridgehead atoms. The van der Waals surface area contributed by atoms with E-state index in [9.17, 15) is 0 Å². The highest BCUT2D eigenvalue weighted by Gasteiger charge is 2.05. The minimum Gasteiger partial charge on any atom is -0.315 e. The van der Waals surface area contributed by atoms with E-state index in [-0.39, 0.29) is 0 Å². The van der Waals surface area contributed by atoms with Crippen LogP contribution in [0.25, 0.3) is 10.0 Å². The lowest BCUT2D eigenvalue weighted by Crippen LogP contribution is -2.02. The third-order valence-corrected chi connectivity index (χ3v) is 3.43. The molecule has 0 saturated heterocycles. The van der Waals surface area contributed by atoms with E-state index in [4.69, 9.17) is 0 Å². The van der Waals surface area contributed by atoms with Crippen molar-refractivity contribution >= 4 is 22.7 Å². The molecule has 5 heteroatoms. The number of nitrogens with zero attached hydrogens (tertiary/aromatic N) is 2. The predicted molar refractivity (Wildman–Crippen MR) is 56.0 cm³/mol. The van der Waals surface area contributed by atoms with Crippen molar-refractivity contribution in [2.24, 2.45) is 0 Å². The van der Waals surface area contributed by atoms with Crippen molar-refractivity contribution in [1.29, 1.82) is 0 Å². The van der Waals surface area contributed by atoms with Gasteiger partial charge in [-0.25, -0.2) is 9.97 Å². The number of hydrogen-bond donors (Lipinski definition) is 1. The number of hydrogen-bond acceptors (Lipinski definition) is 5. The van der Waals surface area contributed by atoms with Crippen LogP contribution in [0.2, 0.25) is 0 Å². The Bertz CT molecular complexity index is 366. The molecule has 0 spiro atoms. The molecule has 3 nitrogen and oxygen atoms in total. The van der Waals surface area contributed by atoms with E-state index in [0.29, 0.717) is 0 Å². The fourth-order valence-electron chi connectivity index (χ4n) is 0.991. The van der Waals surface area contributed by atoms with Gasteiger partial charge in [0.05, 0.1) is 0 Å². The van der Waals surface area contributed by atoms with E-state index < -0.39 is 0 Å². The first-order chi connectivity index (χ1) is 6.40. The van der Waals surface area contributed by atoms with Crippen LogP contribution in [0.3, 0.4) is 0 Å². The largest absolute Gasteiger partial charge is 0.315 e. The molecule has 13 heavy (non-hydrogen) atoms. The van der Waals surface area contributed by atoms with E-state index in [0.717, 1.165) is 16.6 Å². The minimum absolute atomic E-state index is 0.878. The first-order valence-electron chi connectivity index (χ1n) is 3.89. The van der Waals surface area contributed by atoms with Gasteiger partial charge in [-0.2, -0.15) is 0 Å². The van der Waals surface area contributed by atoms with Crippen LogP contribution >= 0.6 is 22.7 Å². The lowest BCUT2D eigenvalue weighted by Gasteiger charge is -1.89. The summed E-state index contributed by atoms with van der Waals surface area (Å²) < 4.78 is 0. The van der Waals surface area contributed by atoms with Gasteiger partial charge in [-0.3, -0.25) is 0 Å². The normalized spacial score (nSPS) is 10.5. The summed E-state index contributed by atoms with van der Waals surface area (Å²) in [6.45, 7) is 0.878. The number of rotatable bonds is 3. The van der Waals surface area contributed by atoms with Gasteiger partial charge in [0.1, 0.15) is 0 Å². The zero-order chi connectivity index (χ0) is 9.10. The Hall–Kier alpha value is -0.780. The van der Waals surface area contributed by atoms with Crippen LogP contribution in [0.15, 0.2) is 17.8 Å². The van der Waals surface area contributed by atoms with Gasteiger partial charge >= 0.3 is 0 Å². The molecule has 2 heterocycles. The lowest BCUT2D eigenvalue weighted by atomic mass is 10.5. The summed E-state index contributed by atoms with van der Waals surface area (Å²) in [5.74, 6) is 0. The number of aromatic nitrogens is 2. The maximum Gasteiger partial charge on any atom is 0.152 e. The van der Waals surface area contributed by atoms with E-state index in [1.807, 2.05) is 18.6 Å². The van der Waals surface area contributed by atoms with Crippen LogP contribution in [-0.2, 0) is 6.54 Å². The summed E-state index contributed by atoms with van der Waals surface area (Å²) in [5, 5.41) is 7.08. The van der Waals surface area contributed by atoms with Crippen molar-refractivity contribution in [2.45, 2.75) is 6.54 Å². The highest BCUT2D eigenvalue weighted by molar-refractivity contribution is 7.20. The van der Waals surface area contributed by atoms with Gasteiger partial charge in [-0.15, -0.1) is 22.7 Å². The molecule has 0 aliphatic rings. The lowest BCUT2D eigenvalue weighted by molar-refractivity contribution is 0.829. The van der Waals surface area contributed by atoms with Crippen LogP contribution < -0.4 is 5.32 Å². The molecule has 0 aliphatic carbocycles. The van der Waals surface area contributed by atoms with E-state index in [1.165, 1.54) is 4.88 Å². The average molecular weight is 211 g/mol. The SMILES string of the molecule is CNCc1cnc(-c2nccs2)s1. The zero-order valence-corrected chi connectivity index (χ0v) is 8.78. The molecule has 2 aromatic rings. The molecule has 0 aromatic carbocycles. The molecule has 0 amide bonds. The second-order valence-electron chi connectivity index (χ2n) is 2.50. The van der Waals surface area contributed by atoms with Crippen LogP contribution in [-0.4, -0.2) is 17.0 Å². The van der Waals surface area contributed by atoms with Crippen molar-refractivity contribution in [3.05, 3.63) is 22.7 Å². The molecule has 2 aromatic heterocycles. The molecule has 68 valence electrons. The second kappa shape index (κ2) is 3.95. The van der Waals surface area contributed by atoms with E-state index in [1.54, 1.807) is 28.9 Å². The Morgan fingerprint density at radius 3 is 3.00 bits per heavy atom. The van der Waals surface area contributed by atoms with Crippen molar-refractivity contribution in [1.82, 2.24) is 15.3 Å². The summed E-state index contributed by atoms with van der Waals surface area (Å²) >= 11 is 3.31. The molecule has 2 rings (SSSR count). The van der Waals surface area contributed by atoms with Gasteiger partial charge in [-0.1, -0.05) is 0 Å². The summed E-state index contributed by atoms with van der Waals surface area (Å²) in [7, 11) is 1.93. The van der Waals surface area contributed by atoms with Crippen LogP contribution in [0.1, 0.15) is 4.88 Å². The maximum absolute atomic E-state index is 4.30. The Morgan fingerprint density at radius 2 is 2.31 bits per heavy atom. The van der Waals surface area contributed by atoms with Gasteiger partial charge in [0.2, 0.25) is 0 Å². The second-order valence-corrected chi connectivity index (χ2v) is 4.51. The Morgan fingerprint density at radius 1 is 1.38 bits per heavy atom. The zero-order valence-electron chi connectivity index (χ0n) is 7.15. The summed E-state index contributed by atoms with van der Waals surface area (Å²) in [6.07, 6.45) is 3.71. The molecular weight excluding hydrogens is 202 g/mol. The monoisotopic (exact) mass is 211 g/mol. The smallest absolute Gasteiger partial charge is 0.152 e. The van der Waals surface area contributed by atoms with E-state index in [2.05, 4.69) is 15.3 Å². The predicted octanol–water partition coefficient (Wildman–Crippen LogP) is 1.99. The van der Waals surface area contributed by atoms with Crippen molar-refractivity contribution < 1.29 is 0 Å². The molecule has 0 saturated carbocycles. The Balaban J connectivity index is 2.23. The standard InChI is InChI=1S/C8H9N3S2/c1-9-4-6-5-11-8(13-6)7-10-2-3-12-7/h2-3,5,9H,4H2,1H3. The fraction of sp³-hybridized carbons (Fsp3) is 0.250. The Kier molecular flexibility index (Phi) is 2.68. The fourth-order valence-corrected chi connectivity index (χ4v) is 2.60. The van der Waals surface area contributed by atoms with Crippen LogP contribution in [0.5, 0.6) is 0 Å². The third-order valence-electron chi connectivity index (χ3n) is 1.52. The first-order valence-corrected chi connectivity index (χ1v) is 5.59. The maximum atomic E-state index is 4.30. The molecule has 0 atom stereocenters. The topological polar surface area (TPSA) is 37.8 Å². The van der Waals surface area contributed by atoms with Gasteiger partial charge in [-0.05, 0) is 7.05 Å². The first kappa shape index (κ1) is 8.80. The Labute approximate surface area is 84.5 Å². The van der Waals surface area contributed by atoms with Gasteiger partial charge in [0.25, 0.3) is 0 Å². The summed E-state index contributed by atoms with van der Waals surface area (Å²) in [4.78, 5) is 9.75. The van der Waals surface area contributed by atoms with Gasteiger partial charge in [0, 0.05) is 29.2 Å². The average Bonchev–Trinajstić information content (AvgIpc) is 2.70. The minimum atomic E-state index is 0.878. The molecule has 0 radical (unpaired) electrons. The van der Waals surface area contributed by atoms with Crippen LogP contribution in [0, 0.1) is 0 Å². The van der Waals surface area contributed by atoms with Crippen LogP contribution in [0.4, 0.5) is 0 Å². The van der Waals surface area contributed by atoms with Gasteiger partial charge in [0.15, 0.2) is 10.0 Å². The van der Waals surface area contributed by atoms with Crippen molar-refractivity contribution in [2.75, 3.05) is 7.05 Å². The quantitative estimate of drug-likeness (QED) is 0.843. The third kappa shape index (κ3) is 1.93. The molecule has 0 unspecified atom stereocenters. The highest BCUT2D eigenvalue weighted by Crippen LogP contribution is 2.26. The summed E-state index contributed by atoms with van der Waals surface area (Å²) in [6, 6.07) is 0. The van der Waals surface area contributed by atoms with Crippen molar-refractivity contribution in [3.63, 3.8) is 0 Å². The number of nitrogens with one attached hydrogen (secondary N) is 1. The molecular formula is C8H9N3S2. The molecule has 0 aliphatic heterocycles. The van der Waals surface area contributed by atoms with Crippen molar-refractivity contribution in [3.8, 4) is 10.0 Å².